The average Bonchev–Trinajstić information content (AvgIpc) is 3.10. The lowest BCUT2D eigenvalue weighted by molar-refractivity contribution is 0.612. The standard InChI is InChI=1S/C13H14N4O/c1-8(9-6-7-9)15-12(14)17-13-16-10-4-2-3-5-11(10)18-13/h2-5,9H,1,6-7H2,(H3,14,15,16,17). The first-order valence-electron chi connectivity index (χ1n) is 5.88. The summed E-state index contributed by atoms with van der Waals surface area (Å²) in [7, 11) is 0. The smallest absolute Gasteiger partial charge is 0.325 e. The Bertz CT molecular complexity index is 592. The number of benzene rings is 1. The minimum Gasteiger partial charge on any atom is -0.422 e. The Balaban J connectivity index is 1.79. The van der Waals surface area contributed by atoms with E-state index in [2.05, 4.69) is 21.9 Å². The van der Waals surface area contributed by atoms with Crippen molar-refractivity contribution in [3.63, 3.8) is 0 Å². The Hall–Kier alpha value is -2.30. The zero-order valence-corrected chi connectivity index (χ0v) is 9.89. The number of nitrogens with one attached hydrogen (secondary N) is 1. The van der Waals surface area contributed by atoms with Crippen LogP contribution in [0.5, 0.6) is 0 Å². The lowest BCUT2D eigenvalue weighted by atomic mass is 10.3. The second-order valence-corrected chi connectivity index (χ2v) is 4.39. The molecule has 1 aliphatic carbocycles. The van der Waals surface area contributed by atoms with Crippen molar-refractivity contribution in [1.82, 2.24) is 10.3 Å². The van der Waals surface area contributed by atoms with Gasteiger partial charge in [0.2, 0.25) is 5.96 Å². The van der Waals surface area contributed by atoms with Gasteiger partial charge in [-0.2, -0.15) is 9.98 Å². The van der Waals surface area contributed by atoms with Gasteiger partial charge >= 0.3 is 6.01 Å². The zero-order valence-electron chi connectivity index (χ0n) is 9.89. The first-order valence-corrected chi connectivity index (χ1v) is 5.88. The van der Waals surface area contributed by atoms with Crippen LogP contribution >= 0.6 is 0 Å². The van der Waals surface area contributed by atoms with E-state index in [0.717, 1.165) is 11.2 Å². The fraction of sp³-hybridized carbons (Fsp3) is 0.231. The van der Waals surface area contributed by atoms with Crippen LogP contribution in [0.25, 0.3) is 11.1 Å². The molecule has 0 atom stereocenters. The van der Waals surface area contributed by atoms with Gasteiger partial charge in [-0.05, 0) is 30.9 Å². The summed E-state index contributed by atoms with van der Waals surface area (Å²) in [6, 6.07) is 7.75. The molecule has 0 spiro atoms. The van der Waals surface area contributed by atoms with Crippen LogP contribution in [0, 0.1) is 5.92 Å². The van der Waals surface area contributed by atoms with E-state index in [4.69, 9.17) is 10.2 Å². The van der Waals surface area contributed by atoms with Crippen molar-refractivity contribution >= 4 is 23.1 Å². The molecular weight excluding hydrogens is 228 g/mol. The third kappa shape index (κ3) is 2.20. The van der Waals surface area contributed by atoms with Gasteiger partial charge < -0.3 is 15.5 Å². The molecule has 92 valence electrons. The molecule has 3 rings (SSSR count). The van der Waals surface area contributed by atoms with E-state index in [-0.39, 0.29) is 12.0 Å². The number of aromatic nitrogens is 1. The highest BCUT2D eigenvalue weighted by Gasteiger charge is 2.24. The number of para-hydroxylation sites is 2. The van der Waals surface area contributed by atoms with Crippen LogP contribution in [-0.2, 0) is 0 Å². The summed E-state index contributed by atoms with van der Waals surface area (Å²) in [5.41, 5.74) is 8.15. The number of nitrogens with zero attached hydrogens (tertiary/aromatic N) is 2. The topological polar surface area (TPSA) is 76.4 Å². The highest BCUT2D eigenvalue weighted by atomic mass is 16.4. The van der Waals surface area contributed by atoms with Crippen LogP contribution < -0.4 is 11.1 Å². The van der Waals surface area contributed by atoms with Crippen LogP contribution in [0.4, 0.5) is 6.01 Å². The number of rotatable bonds is 3. The quantitative estimate of drug-likeness (QED) is 0.639. The van der Waals surface area contributed by atoms with Gasteiger partial charge in [0.15, 0.2) is 5.58 Å². The lowest BCUT2D eigenvalue weighted by Crippen LogP contribution is -2.30. The maximum absolute atomic E-state index is 5.77. The van der Waals surface area contributed by atoms with Crippen LogP contribution in [-0.4, -0.2) is 10.9 Å². The maximum atomic E-state index is 5.77. The molecule has 1 fully saturated rings. The minimum absolute atomic E-state index is 0.254. The Morgan fingerprint density at radius 1 is 1.44 bits per heavy atom. The van der Waals surface area contributed by atoms with Crippen molar-refractivity contribution in [2.24, 2.45) is 16.6 Å². The summed E-state index contributed by atoms with van der Waals surface area (Å²) in [5, 5.41) is 2.97. The number of aliphatic imine (C=N–C) groups is 1. The molecule has 5 heteroatoms. The third-order valence-electron chi connectivity index (χ3n) is 2.86. The van der Waals surface area contributed by atoms with E-state index in [1.54, 1.807) is 0 Å². The zero-order chi connectivity index (χ0) is 12.5. The fourth-order valence-corrected chi connectivity index (χ4v) is 1.74. The molecule has 1 aliphatic rings. The van der Waals surface area contributed by atoms with Crippen molar-refractivity contribution in [2.75, 3.05) is 0 Å². The van der Waals surface area contributed by atoms with Crippen molar-refractivity contribution in [1.29, 1.82) is 0 Å². The number of hydrogen-bond acceptors (Lipinski definition) is 3. The van der Waals surface area contributed by atoms with Gasteiger partial charge in [-0.3, -0.25) is 0 Å². The van der Waals surface area contributed by atoms with Crippen LogP contribution in [0.2, 0.25) is 0 Å². The molecule has 1 aromatic carbocycles. The summed E-state index contributed by atoms with van der Waals surface area (Å²) in [6.45, 7) is 3.92. The Labute approximate surface area is 104 Å². The highest BCUT2D eigenvalue weighted by molar-refractivity contribution is 5.82. The number of fused-ring (bicyclic) bond motifs is 1. The molecule has 0 unspecified atom stereocenters. The Morgan fingerprint density at radius 3 is 2.94 bits per heavy atom. The summed E-state index contributed by atoms with van der Waals surface area (Å²) in [4.78, 5) is 8.31. The molecule has 18 heavy (non-hydrogen) atoms. The average molecular weight is 242 g/mol. The van der Waals surface area contributed by atoms with Gasteiger partial charge in [0.05, 0.1) is 0 Å². The number of nitrogens with two attached hydrogens (primary N) is 1. The molecule has 0 amide bonds. The number of hydrogen-bond donors (Lipinski definition) is 2. The molecule has 5 nitrogen and oxygen atoms in total. The molecule has 1 aromatic heterocycles. The van der Waals surface area contributed by atoms with Crippen molar-refractivity contribution < 1.29 is 4.42 Å². The SMILES string of the molecule is C=C(NC(N)=Nc1nc2ccccc2o1)C1CC1. The maximum Gasteiger partial charge on any atom is 0.325 e. The van der Waals surface area contributed by atoms with Crippen molar-refractivity contribution in [3.8, 4) is 0 Å². The number of oxazole rings is 1. The Kier molecular flexibility index (Phi) is 2.51. The minimum atomic E-state index is 0.254. The molecule has 0 bridgehead atoms. The van der Waals surface area contributed by atoms with Crippen molar-refractivity contribution in [3.05, 3.63) is 36.5 Å². The first-order chi connectivity index (χ1) is 8.72. The molecule has 2 aromatic rings. The Morgan fingerprint density at radius 2 is 2.22 bits per heavy atom. The normalized spacial score (nSPS) is 15.9. The van der Waals surface area contributed by atoms with Gasteiger partial charge in [0.25, 0.3) is 0 Å². The third-order valence-corrected chi connectivity index (χ3v) is 2.86. The largest absolute Gasteiger partial charge is 0.422 e. The summed E-state index contributed by atoms with van der Waals surface area (Å²) in [6.07, 6.45) is 2.34. The van der Waals surface area contributed by atoms with E-state index < -0.39 is 0 Å². The van der Waals surface area contributed by atoms with Crippen LogP contribution in [0.3, 0.4) is 0 Å². The van der Waals surface area contributed by atoms with Gasteiger partial charge in [0, 0.05) is 5.70 Å². The van der Waals surface area contributed by atoms with Gasteiger partial charge in [-0.15, -0.1) is 0 Å². The van der Waals surface area contributed by atoms with E-state index in [0.29, 0.717) is 11.5 Å². The molecule has 0 saturated heterocycles. The molecule has 1 heterocycles. The number of guanidine groups is 1. The van der Waals surface area contributed by atoms with E-state index >= 15 is 0 Å². The van der Waals surface area contributed by atoms with Crippen LogP contribution in [0.15, 0.2) is 46.0 Å². The summed E-state index contributed by atoms with van der Waals surface area (Å²) >= 11 is 0. The van der Waals surface area contributed by atoms with Gasteiger partial charge in [-0.25, -0.2) is 0 Å². The predicted octanol–water partition coefficient (Wildman–Crippen LogP) is 2.29. The van der Waals surface area contributed by atoms with E-state index in [1.165, 1.54) is 12.8 Å². The molecule has 0 radical (unpaired) electrons. The van der Waals surface area contributed by atoms with E-state index in [9.17, 15) is 0 Å². The molecular formula is C13H14N4O. The van der Waals surface area contributed by atoms with E-state index in [1.807, 2.05) is 24.3 Å². The van der Waals surface area contributed by atoms with Gasteiger partial charge in [0.1, 0.15) is 5.52 Å². The second-order valence-electron chi connectivity index (χ2n) is 4.39. The summed E-state index contributed by atoms with van der Waals surface area (Å²) < 4.78 is 5.45. The lowest BCUT2D eigenvalue weighted by Gasteiger charge is -2.05. The first kappa shape index (κ1) is 10.8. The number of allylic oxidation sites excluding steroid dienone is 1. The molecule has 3 N–H and O–H groups in total. The molecule has 0 aliphatic heterocycles. The fourth-order valence-electron chi connectivity index (χ4n) is 1.74. The molecule has 1 saturated carbocycles. The predicted molar refractivity (Wildman–Crippen MR) is 70.3 cm³/mol. The van der Waals surface area contributed by atoms with Crippen molar-refractivity contribution in [2.45, 2.75) is 12.8 Å². The van der Waals surface area contributed by atoms with Crippen LogP contribution in [0.1, 0.15) is 12.8 Å². The monoisotopic (exact) mass is 242 g/mol. The summed E-state index contributed by atoms with van der Waals surface area (Å²) in [5.74, 6) is 0.792. The highest BCUT2D eigenvalue weighted by Crippen LogP contribution is 2.33. The second kappa shape index (κ2) is 4.18. The van der Waals surface area contributed by atoms with Gasteiger partial charge in [-0.1, -0.05) is 18.7 Å².